The number of hydrogen-bond donors (Lipinski definition) is 2. The van der Waals surface area contributed by atoms with Gasteiger partial charge in [-0.05, 0) is 22.0 Å². The fraction of sp³-hybridized carbons (Fsp3) is 0.143. The van der Waals surface area contributed by atoms with Crippen molar-refractivity contribution in [3.63, 3.8) is 0 Å². The maximum atomic E-state index is 12.6. The SMILES string of the molecule is NCc1ccc(F)c(Br)c1O. The van der Waals surface area contributed by atoms with Crippen molar-refractivity contribution in [2.45, 2.75) is 6.54 Å². The molecule has 4 heteroatoms. The smallest absolute Gasteiger partial charge is 0.141 e. The quantitative estimate of drug-likeness (QED) is 0.757. The molecule has 0 spiro atoms. The molecule has 1 aromatic carbocycles. The summed E-state index contributed by atoms with van der Waals surface area (Å²) < 4.78 is 12.7. The largest absolute Gasteiger partial charge is 0.506 e. The summed E-state index contributed by atoms with van der Waals surface area (Å²) in [6.07, 6.45) is 0. The minimum absolute atomic E-state index is 0.0699. The number of benzene rings is 1. The van der Waals surface area contributed by atoms with E-state index in [2.05, 4.69) is 15.9 Å². The molecule has 0 aromatic heterocycles. The summed E-state index contributed by atoms with van der Waals surface area (Å²) in [6, 6.07) is 2.71. The average molecular weight is 220 g/mol. The van der Waals surface area contributed by atoms with Crippen molar-refractivity contribution in [3.8, 4) is 5.75 Å². The van der Waals surface area contributed by atoms with Crippen LogP contribution in [0.5, 0.6) is 5.75 Å². The monoisotopic (exact) mass is 219 g/mol. The van der Waals surface area contributed by atoms with Crippen LogP contribution < -0.4 is 5.73 Å². The van der Waals surface area contributed by atoms with Gasteiger partial charge in [-0.2, -0.15) is 0 Å². The Morgan fingerprint density at radius 3 is 2.73 bits per heavy atom. The van der Waals surface area contributed by atoms with Crippen molar-refractivity contribution in [1.29, 1.82) is 0 Å². The zero-order chi connectivity index (χ0) is 8.43. The molecule has 0 bridgehead atoms. The third kappa shape index (κ3) is 1.52. The van der Waals surface area contributed by atoms with Crippen molar-refractivity contribution in [1.82, 2.24) is 0 Å². The summed E-state index contributed by atoms with van der Waals surface area (Å²) >= 11 is 2.89. The lowest BCUT2D eigenvalue weighted by atomic mass is 10.2. The predicted molar refractivity (Wildman–Crippen MR) is 43.7 cm³/mol. The van der Waals surface area contributed by atoms with E-state index in [0.29, 0.717) is 5.56 Å². The number of rotatable bonds is 1. The van der Waals surface area contributed by atoms with Crippen molar-refractivity contribution in [2.24, 2.45) is 5.73 Å². The highest BCUT2D eigenvalue weighted by Crippen LogP contribution is 2.29. The van der Waals surface area contributed by atoms with Crippen molar-refractivity contribution >= 4 is 15.9 Å². The van der Waals surface area contributed by atoms with Crippen LogP contribution in [-0.2, 0) is 6.54 Å². The van der Waals surface area contributed by atoms with Gasteiger partial charge < -0.3 is 10.8 Å². The first-order chi connectivity index (χ1) is 5.16. The number of hydrogen-bond acceptors (Lipinski definition) is 2. The Bertz CT molecular complexity index is 277. The Hall–Kier alpha value is -0.610. The fourth-order valence-corrected chi connectivity index (χ4v) is 1.13. The van der Waals surface area contributed by atoms with E-state index in [4.69, 9.17) is 5.73 Å². The van der Waals surface area contributed by atoms with Crippen LogP contribution in [0.15, 0.2) is 16.6 Å². The van der Waals surface area contributed by atoms with Gasteiger partial charge in [-0.3, -0.25) is 0 Å². The Morgan fingerprint density at radius 2 is 2.18 bits per heavy atom. The fourth-order valence-electron chi connectivity index (χ4n) is 0.745. The van der Waals surface area contributed by atoms with Gasteiger partial charge in [0.1, 0.15) is 11.6 Å². The van der Waals surface area contributed by atoms with E-state index in [0.717, 1.165) is 0 Å². The van der Waals surface area contributed by atoms with Crippen LogP contribution in [0.4, 0.5) is 4.39 Å². The lowest BCUT2D eigenvalue weighted by Crippen LogP contribution is -1.97. The van der Waals surface area contributed by atoms with Crippen LogP contribution in [0.2, 0.25) is 0 Å². The maximum absolute atomic E-state index is 12.6. The topological polar surface area (TPSA) is 46.2 Å². The van der Waals surface area contributed by atoms with Crippen LogP contribution in [0.3, 0.4) is 0 Å². The molecule has 1 aromatic rings. The van der Waals surface area contributed by atoms with E-state index in [1.165, 1.54) is 12.1 Å². The van der Waals surface area contributed by atoms with Gasteiger partial charge in [0, 0.05) is 12.1 Å². The summed E-state index contributed by atoms with van der Waals surface area (Å²) in [4.78, 5) is 0. The Kier molecular flexibility index (Phi) is 2.46. The third-order valence-corrected chi connectivity index (χ3v) is 2.13. The molecular formula is C7H7BrFNO. The van der Waals surface area contributed by atoms with Gasteiger partial charge in [-0.1, -0.05) is 6.07 Å². The van der Waals surface area contributed by atoms with Crippen LogP contribution in [0, 0.1) is 5.82 Å². The molecule has 0 saturated carbocycles. The molecule has 0 fully saturated rings. The Balaban J connectivity index is 3.25. The molecule has 2 nitrogen and oxygen atoms in total. The van der Waals surface area contributed by atoms with Gasteiger partial charge in [0.15, 0.2) is 0 Å². The van der Waals surface area contributed by atoms with Crippen LogP contribution in [0.25, 0.3) is 0 Å². The molecule has 1 rings (SSSR count). The van der Waals surface area contributed by atoms with Crippen LogP contribution >= 0.6 is 15.9 Å². The summed E-state index contributed by atoms with van der Waals surface area (Å²) in [6.45, 7) is 0.199. The van der Waals surface area contributed by atoms with Crippen LogP contribution in [0.1, 0.15) is 5.56 Å². The molecule has 60 valence electrons. The molecule has 0 saturated heterocycles. The number of phenols is 1. The maximum Gasteiger partial charge on any atom is 0.141 e. The molecule has 0 aliphatic carbocycles. The second-order valence-corrected chi connectivity index (χ2v) is 2.87. The Labute approximate surface area is 72.0 Å². The number of phenolic OH excluding ortho intramolecular Hbond substituents is 1. The highest BCUT2D eigenvalue weighted by molar-refractivity contribution is 9.10. The van der Waals surface area contributed by atoms with E-state index in [1.54, 1.807) is 0 Å². The second-order valence-electron chi connectivity index (χ2n) is 2.07. The number of aromatic hydroxyl groups is 1. The lowest BCUT2D eigenvalue weighted by molar-refractivity contribution is 0.457. The number of nitrogens with two attached hydrogens (primary N) is 1. The third-order valence-electron chi connectivity index (χ3n) is 1.37. The van der Waals surface area contributed by atoms with Gasteiger partial charge >= 0.3 is 0 Å². The van der Waals surface area contributed by atoms with E-state index in [1.807, 2.05) is 0 Å². The molecule has 0 radical (unpaired) electrons. The first-order valence-corrected chi connectivity index (χ1v) is 3.82. The molecule has 0 heterocycles. The zero-order valence-electron chi connectivity index (χ0n) is 5.64. The molecule has 0 amide bonds. The highest BCUT2D eigenvalue weighted by atomic mass is 79.9. The van der Waals surface area contributed by atoms with Crippen LogP contribution in [-0.4, -0.2) is 5.11 Å². The molecular weight excluding hydrogens is 213 g/mol. The van der Waals surface area contributed by atoms with Crippen molar-refractivity contribution < 1.29 is 9.50 Å². The molecule has 0 atom stereocenters. The predicted octanol–water partition coefficient (Wildman–Crippen LogP) is 1.75. The van der Waals surface area contributed by atoms with Gasteiger partial charge in [-0.25, -0.2) is 4.39 Å². The van der Waals surface area contributed by atoms with Gasteiger partial charge in [0.2, 0.25) is 0 Å². The van der Waals surface area contributed by atoms with E-state index in [-0.39, 0.29) is 16.8 Å². The standard InChI is InChI=1S/C7H7BrFNO/c8-6-5(9)2-1-4(3-10)7(6)11/h1-2,11H,3,10H2. The average Bonchev–Trinajstić information content (AvgIpc) is 2.01. The molecule has 0 aliphatic rings. The van der Waals surface area contributed by atoms with E-state index >= 15 is 0 Å². The van der Waals surface area contributed by atoms with Crippen molar-refractivity contribution in [2.75, 3.05) is 0 Å². The van der Waals surface area contributed by atoms with Crippen molar-refractivity contribution in [3.05, 3.63) is 28.0 Å². The van der Waals surface area contributed by atoms with Gasteiger partial charge in [-0.15, -0.1) is 0 Å². The Morgan fingerprint density at radius 1 is 1.55 bits per heavy atom. The molecule has 3 N–H and O–H groups in total. The van der Waals surface area contributed by atoms with Gasteiger partial charge in [0.25, 0.3) is 0 Å². The summed E-state index contributed by atoms with van der Waals surface area (Å²) in [5.41, 5.74) is 5.79. The highest BCUT2D eigenvalue weighted by Gasteiger charge is 2.07. The summed E-state index contributed by atoms with van der Waals surface area (Å²) in [7, 11) is 0. The van der Waals surface area contributed by atoms with Gasteiger partial charge in [0.05, 0.1) is 4.47 Å². The summed E-state index contributed by atoms with van der Waals surface area (Å²) in [5, 5.41) is 9.21. The second kappa shape index (κ2) is 3.19. The summed E-state index contributed by atoms with van der Waals surface area (Å²) in [5.74, 6) is -0.604. The molecule has 0 unspecified atom stereocenters. The zero-order valence-corrected chi connectivity index (χ0v) is 7.23. The normalized spacial score (nSPS) is 10.1. The minimum atomic E-state index is -0.486. The first-order valence-electron chi connectivity index (χ1n) is 3.02. The number of halogens is 2. The molecule has 11 heavy (non-hydrogen) atoms. The minimum Gasteiger partial charge on any atom is -0.506 e. The molecule has 0 aliphatic heterocycles. The lowest BCUT2D eigenvalue weighted by Gasteiger charge is -2.03. The first kappa shape index (κ1) is 8.49. The van der Waals surface area contributed by atoms with E-state index in [9.17, 15) is 9.50 Å². The van der Waals surface area contributed by atoms with E-state index < -0.39 is 5.82 Å².